The van der Waals surface area contributed by atoms with Crippen LogP contribution in [0, 0.1) is 17.7 Å². The van der Waals surface area contributed by atoms with Crippen LogP contribution in [-0.2, 0) is 0 Å². The Balaban J connectivity index is 2.29. The lowest BCUT2D eigenvalue weighted by molar-refractivity contribution is 0.459. The summed E-state index contributed by atoms with van der Waals surface area (Å²) >= 11 is 0. The summed E-state index contributed by atoms with van der Waals surface area (Å²) in [6.07, 6.45) is 3.94. The second-order valence-corrected chi connectivity index (χ2v) is 2.70. The second-order valence-electron chi connectivity index (χ2n) is 2.70. The van der Waals surface area contributed by atoms with Crippen molar-refractivity contribution in [3.05, 3.63) is 48.4 Å². The third-order valence-electron chi connectivity index (χ3n) is 1.73. The van der Waals surface area contributed by atoms with Crippen LogP contribution in [0.2, 0.25) is 0 Å². The van der Waals surface area contributed by atoms with Crippen LogP contribution in [0.3, 0.4) is 0 Å². The molecule has 4 heteroatoms. The van der Waals surface area contributed by atoms with Gasteiger partial charge in [0.25, 0.3) is 0 Å². The van der Waals surface area contributed by atoms with Crippen molar-refractivity contribution in [2.24, 2.45) is 0 Å². The molecule has 2 rings (SSSR count). The highest BCUT2D eigenvalue weighted by Crippen LogP contribution is 2.22. The van der Waals surface area contributed by atoms with Gasteiger partial charge in [-0.05, 0) is 12.1 Å². The molecule has 2 aromatic rings. The van der Waals surface area contributed by atoms with E-state index in [1.54, 1.807) is 30.3 Å². The first-order valence-electron chi connectivity index (χ1n) is 4.26. The molecule has 1 aromatic carbocycles. The summed E-state index contributed by atoms with van der Waals surface area (Å²) in [7, 11) is 0. The van der Waals surface area contributed by atoms with Gasteiger partial charge in [-0.2, -0.15) is 10.2 Å². The fourth-order valence-corrected chi connectivity index (χ4v) is 1.07. The molecule has 0 atom stereocenters. The number of hydrogen-bond donors (Lipinski definition) is 0. The summed E-state index contributed by atoms with van der Waals surface area (Å²) in [6, 6.07) is 10.6. The van der Waals surface area contributed by atoms with Crippen LogP contribution in [0.1, 0.15) is 5.56 Å². The average Bonchev–Trinajstić information content (AvgIpc) is 2.31. The van der Waals surface area contributed by atoms with Gasteiger partial charge in [0.15, 0.2) is 0 Å². The van der Waals surface area contributed by atoms with E-state index in [4.69, 9.17) is 10.00 Å². The predicted molar refractivity (Wildman–Crippen MR) is 52.1 cm³/mol. The van der Waals surface area contributed by atoms with Gasteiger partial charge in [0.05, 0.1) is 5.56 Å². The molecule has 0 aliphatic rings. The Morgan fingerprint density at radius 1 is 1.27 bits per heavy atom. The minimum Gasteiger partial charge on any atom is -0.438 e. The largest absolute Gasteiger partial charge is 0.438 e. The van der Waals surface area contributed by atoms with Gasteiger partial charge >= 0.3 is 0 Å². The number of aromatic nitrogens is 2. The molecule has 0 bridgehead atoms. The number of ether oxygens (including phenoxy) is 1. The quantitative estimate of drug-likeness (QED) is 0.736. The summed E-state index contributed by atoms with van der Waals surface area (Å²) in [5.41, 5.74) is 0.469. The molecule has 1 heterocycles. The zero-order valence-electron chi connectivity index (χ0n) is 7.71. The van der Waals surface area contributed by atoms with Gasteiger partial charge in [-0.25, -0.2) is 4.98 Å². The molecule has 71 valence electrons. The van der Waals surface area contributed by atoms with Crippen molar-refractivity contribution >= 4 is 0 Å². The maximum absolute atomic E-state index is 8.83. The lowest BCUT2D eigenvalue weighted by atomic mass is 10.2. The van der Waals surface area contributed by atoms with E-state index in [-0.39, 0.29) is 0 Å². The Morgan fingerprint density at radius 3 is 2.87 bits per heavy atom. The van der Waals surface area contributed by atoms with E-state index >= 15 is 0 Å². The predicted octanol–water partition coefficient (Wildman–Crippen LogP) is 1.94. The molecule has 0 N–H and O–H groups in total. The summed E-state index contributed by atoms with van der Waals surface area (Å²) in [5, 5.41) is 8.83. The highest BCUT2D eigenvalue weighted by Gasteiger charge is 2.03. The molecule has 0 aliphatic heterocycles. The summed E-state index contributed by atoms with van der Waals surface area (Å²) < 4.78 is 5.40. The van der Waals surface area contributed by atoms with Crippen LogP contribution >= 0.6 is 0 Å². The molecule has 15 heavy (non-hydrogen) atoms. The number of nitrogens with zero attached hydrogens (tertiary/aromatic N) is 3. The van der Waals surface area contributed by atoms with Crippen molar-refractivity contribution in [3.8, 4) is 17.7 Å². The minimum atomic E-state index is 0.368. The highest BCUT2D eigenvalue weighted by molar-refractivity contribution is 5.43. The van der Waals surface area contributed by atoms with E-state index in [0.29, 0.717) is 17.2 Å². The number of nitriles is 1. The molecule has 4 nitrogen and oxygen atoms in total. The number of benzene rings is 1. The van der Waals surface area contributed by atoms with Crippen LogP contribution < -0.4 is 4.74 Å². The molecule has 0 amide bonds. The lowest BCUT2D eigenvalue weighted by Crippen LogP contribution is -1.90. The van der Waals surface area contributed by atoms with Gasteiger partial charge in [0.2, 0.25) is 12.2 Å². The van der Waals surface area contributed by atoms with Crippen molar-refractivity contribution in [1.82, 2.24) is 9.97 Å². The van der Waals surface area contributed by atoms with Crippen molar-refractivity contribution in [3.63, 3.8) is 0 Å². The zero-order valence-corrected chi connectivity index (χ0v) is 7.71. The van der Waals surface area contributed by atoms with Crippen LogP contribution in [-0.4, -0.2) is 9.97 Å². The molecule has 0 aliphatic carbocycles. The first-order chi connectivity index (χ1) is 7.40. The molecule has 0 spiro atoms. The van der Waals surface area contributed by atoms with E-state index in [9.17, 15) is 0 Å². The normalized spacial score (nSPS) is 9.27. The fraction of sp³-hybridized carbons (Fsp3) is 0. The fourth-order valence-electron chi connectivity index (χ4n) is 1.07. The third-order valence-corrected chi connectivity index (χ3v) is 1.73. The summed E-state index contributed by atoms with van der Waals surface area (Å²) in [4.78, 5) is 7.43. The average molecular weight is 196 g/mol. The van der Waals surface area contributed by atoms with Gasteiger partial charge in [0.1, 0.15) is 11.8 Å². The van der Waals surface area contributed by atoms with Crippen LogP contribution in [0.5, 0.6) is 11.6 Å². The van der Waals surface area contributed by atoms with E-state index < -0.39 is 0 Å². The van der Waals surface area contributed by atoms with E-state index in [0.717, 1.165) is 0 Å². The molecule has 0 fully saturated rings. The van der Waals surface area contributed by atoms with Crippen molar-refractivity contribution in [2.75, 3.05) is 0 Å². The van der Waals surface area contributed by atoms with Crippen molar-refractivity contribution in [1.29, 1.82) is 5.26 Å². The van der Waals surface area contributed by atoms with Crippen LogP contribution in [0.15, 0.2) is 36.5 Å². The van der Waals surface area contributed by atoms with Gasteiger partial charge in [-0.1, -0.05) is 12.1 Å². The standard InChI is InChI=1S/C11H6N3O/c12-7-9-3-1-2-4-10(9)15-11-5-6-13-8-14-11/h1-6H. The summed E-state index contributed by atoms with van der Waals surface area (Å²) in [6.45, 7) is 0. The monoisotopic (exact) mass is 196 g/mol. The molecule has 1 aromatic heterocycles. The molecular weight excluding hydrogens is 190 g/mol. The number of hydrogen-bond acceptors (Lipinski definition) is 4. The van der Waals surface area contributed by atoms with E-state index in [2.05, 4.69) is 16.3 Å². The van der Waals surface area contributed by atoms with Gasteiger partial charge in [-0.3, -0.25) is 0 Å². The smallest absolute Gasteiger partial charge is 0.222 e. The summed E-state index contributed by atoms with van der Waals surface area (Å²) in [5.74, 6) is 0.847. The second kappa shape index (κ2) is 4.20. The van der Waals surface area contributed by atoms with Gasteiger partial charge in [-0.15, -0.1) is 0 Å². The maximum Gasteiger partial charge on any atom is 0.222 e. The maximum atomic E-state index is 8.83. The van der Waals surface area contributed by atoms with Gasteiger partial charge in [0, 0.05) is 12.3 Å². The minimum absolute atomic E-state index is 0.368. The van der Waals surface area contributed by atoms with Gasteiger partial charge < -0.3 is 4.74 Å². The topological polar surface area (TPSA) is 58.8 Å². The van der Waals surface area contributed by atoms with E-state index in [1.165, 1.54) is 6.20 Å². The third kappa shape index (κ3) is 2.09. The Morgan fingerprint density at radius 2 is 2.13 bits per heavy atom. The number of para-hydroxylation sites is 1. The zero-order chi connectivity index (χ0) is 10.5. The Hall–Kier alpha value is -2.41. The van der Waals surface area contributed by atoms with E-state index in [1.807, 2.05) is 6.07 Å². The molecule has 0 saturated heterocycles. The molecule has 1 radical (unpaired) electrons. The Labute approximate surface area is 86.8 Å². The first kappa shape index (κ1) is 9.16. The van der Waals surface area contributed by atoms with Crippen molar-refractivity contribution < 1.29 is 4.74 Å². The molecule has 0 unspecified atom stereocenters. The van der Waals surface area contributed by atoms with Crippen molar-refractivity contribution in [2.45, 2.75) is 0 Å². The van der Waals surface area contributed by atoms with Crippen LogP contribution in [0.4, 0.5) is 0 Å². The highest BCUT2D eigenvalue weighted by atomic mass is 16.5. The lowest BCUT2D eigenvalue weighted by Gasteiger charge is -2.04. The van der Waals surface area contributed by atoms with Crippen LogP contribution in [0.25, 0.3) is 0 Å². The molecule has 0 saturated carbocycles. The SMILES string of the molecule is N#Cc1ccccc1Oc1ccn[c]n1. The Kier molecular flexibility index (Phi) is 2.56. The number of rotatable bonds is 2. The first-order valence-corrected chi connectivity index (χ1v) is 4.26. The Bertz CT molecular complexity index is 491. The molecular formula is C11H6N3O.